The number of aromatic nitrogens is 3. The minimum absolute atomic E-state index is 0.323. The van der Waals surface area contributed by atoms with Crippen molar-refractivity contribution in [3.8, 4) is 40.2 Å². The Kier molecular flexibility index (Phi) is 12.1. The van der Waals surface area contributed by atoms with Crippen molar-refractivity contribution in [1.82, 2.24) is 15.0 Å². The first-order valence-corrected chi connectivity index (χ1v) is 23.7. The van der Waals surface area contributed by atoms with Crippen LogP contribution in [0.25, 0.3) is 41.6 Å². The molecule has 4 aromatic carbocycles. The molecule has 0 radical (unpaired) electrons. The maximum Gasteiger partial charge on any atom is 0.231 e. The molecular weight excluding hydrogens is 843 g/mol. The molecule has 12 rings (SSSR count). The number of furan rings is 1. The molecule has 4 aromatic heterocycles. The Hall–Kier alpha value is -5.31. The van der Waals surface area contributed by atoms with Crippen molar-refractivity contribution in [3.63, 3.8) is 0 Å². The van der Waals surface area contributed by atoms with E-state index in [9.17, 15) is 0 Å². The molecule has 0 unspecified atom stereocenters. The van der Waals surface area contributed by atoms with Crippen LogP contribution in [-0.2, 0) is 6.42 Å². The van der Waals surface area contributed by atoms with Gasteiger partial charge >= 0.3 is 0 Å². The summed E-state index contributed by atoms with van der Waals surface area (Å²) in [6.45, 7) is 20.8. The molecule has 0 fully saturated rings. The summed E-state index contributed by atoms with van der Waals surface area (Å²) >= 11 is 5.25. The van der Waals surface area contributed by atoms with Crippen LogP contribution in [0.2, 0.25) is 0 Å². The van der Waals surface area contributed by atoms with Crippen LogP contribution in [0.5, 0.6) is 40.2 Å². The van der Waals surface area contributed by atoms with Gasteiger partial charge in [0.15, 0.2) is 34.5 Å². The molecule has 11 nitrogen and oxygen atoms in total. The molecule has 0 N–H and O–H groups in total. The SMILES string of the molecule is CC(C)c1cc2c3c(ccc2o1)OCCO3.CC(C)c1nc2cc3c(cc2s1)OCO3.CC(C)c1nc2ccc3c(c2s1)CCO3.CC(C)c1nc2ccc3c(c2s1)OCCO3. The van der Waals surface area contributed by atoms with Gasteiger partial charge < -0.3 is 37.6 Å². The number of nitrogens with zero attached hydrogens (tertiary/aromatic N) is 3. The number of hydrogen-bond donors (Lipinski definition) is 0. The standard InChI is InChI=1S/C13H14O3.C12H13NO2S.C12H13NOS.C11H11NO2S/c1-8(2)12-7-9-10(16-12)3-4-11-13(9)15-6-5-14-11;1-7(2)12-13-8-3-4-9-10(11(8)16-12)15-6-5-14-9;1-7(2)12-13-9-3-4-10-8(5-6-14-10)11(9)15-12;1-6(2)11-12-7-3-8-9(14-5-13-8)4-10(7)15-11/h3-4,7-8H,5-6H2,1-2H3;3-4,7H,5-6H2,1-2H3;3-4,7H,5-6H2,1-2H3;3-4,6H,5H2,1-2H3. The average molecular weight is 894 g/mol. The first-order valence-electron chi connectivity index (χ1n) is 21.3. The summed E-state index contributed by atoms with van der Waals surface area (Å²) in [4.78, 5) is 13.8. The first-order chi connectivity index (χ1) is 30.0. The summed E-state index contributed by atoms with van der Waals surface area (Å²) in [5.41, 5.74) is 5.38. The molecule has 4 aliphatic rings. The molecule has 0 bridgehead atoms. The van der Waals surface area contributed by atoms with Crippen molar-refractivity contribution >= 4 is 75.6 Å². The number of benzene rings is 4. The van der Waals surface area contributed by atoms with Gasteiger partial charge in [0.2, 0.25) is 6.79 Å². The first kappa shape index (κ1) is 42.0. The van der Waals surface area contributed by atoms with Crippen LogP contribution in [0.1, 0.15) is 105 Å². The Bertz CT molecular complexity index is 2730. The van der Waals surface area contributed by atoms with Gasteiger partial charge in [0.05, 0.1) is 53.0 Å². The molecule has 0 saturated carbocycles. The van der Waals surface area contributed by atoms with E-state index >= 15 is 0 Å². The van der Waals surface area contributed by atoms with Gasteiger partial charge in [0, 0.05) is 47.8 Å². The van der Waals surface area contributed by atoms with Gasteiger partial charge in [-0.1, -0.05) is 55.4 Å². The molecule has 0 amide bonds. The fraction of sp³-hybridized carbons (Fsp3) is 0.396. The molecule has 0 spiro atoms. The molecule has 8 aromatic rings. The largest absolute Gasteiger partial charge is 0.493 e. The third kappa shape index (κ3) is 8.56. The minimum atomic E-state index is 0.323. The number of ether oxygens (including phenoxy) is 7. The number of fused-ring (bicyclic) bond motifs is 11. The molecule has 0 aliphatic carbocycles. The third-order valence-electron chi connectivity index (χ3n) is 10.5. The van der Waals surface area contributed by atoms with E-state index in [-0.39, 0.29) is 0 Å². The Labute approximate surface area is 372 Å². The number of hydrogen-bond acceptors (Lipinski definition) is 14. The molecule has 4 aliphatic heterocycles. The van der Waals surface area contributed by atoms with E-state index in [0.717, 1.165) is 101 Å². The van der Waals surface area contributed by atoms with Crippen LogP contribution < -0.4 is 33.2 Å². The lowest BCUT2D eigenvalue weighted by Crippen LogP contribution is -2.15. The summed E-state index contributed by atoms with van der Waals surface area (Å²) in [6.07, 6.45) is 1.03. The molecule has 324 valence electrons. The highest BCUT2D eigenvalue weighted by Crippen LogP contribution is 2.43. The molecule has 8 heterocycles. The Morgan fingerprint density at radius 1 is 0.468 bits per heavy atom. The fourth-order valence-corrected chi connectivity index (χ4v) is 10.4. The average Bonchev–Trinajstić information content (AvgIpc) is 4.13. The topological polar surface area (TPSA) is 116 Å². The van der Waals surface area contributed by atoms with E-state index in [1.165, 1.54) is 20.0 Å². The number of rotatable bonds is 4. The van der Waals surface area contributed by atoms with Gasteiger partial charge in [-0.05, 0) is 42.5 Å². The van der Waals surface area contributed by atoms with E-state index in [1.54, 1.807) is 22.7 Å². The molecule has 14 heteroatoms. The zero-order valence-electron chi connectivity index (χ0n) is 36.3. The number of thiazole rings is 3. The molecule has 0 saturated heterocycles. The van der Waals surface area contributed by atoms with Crippen LogP contribution in [0.4, 0.5) is 0 Å². The lowest BCUT2D eigenvalue weighted by atomic mass is 10.1. The Balaban J connectivity index is 0.000000105. The van der Waals surface area contributed by atoms with Gasteiger partial charge in [-0.2, -0.15) is 0 Å². The van der Waals surface area contributed by atoms with Crippen LogP contribution >= 0.6 is 34.0 Å². The normalized spacial score (nSPS) is 14.5. The van der Waals surface area contributed by atoms with E-state index < -0.39 is 0 Å². The summed E-state index contributed by atoms with van der Waals surface area (Å²) < 4.78 is 48.0. The molecular formula is C48H51N3O8S3. The van der Waals surface area contributed by atoms with E-state index in [1.807, 2.05) is 53.8 Å². The highest BCUT2D eigenvalue weighted by molar-refractivity contribution is 7.19. The fourth-order valence-electron chi connectivity index (χ4n) is 7.20. The van der Waals surface area contributed by atoms with Gasteiger partial charge in [-0.3, -0.25) is 0 Å². The predicted octanol–water partition coefficient (Wildman–Crippen LogP) is 13.0. The second kappa shape index (κ2) is 17.8. The van der Waals surface area contributed by atoms with Crippen LogP contribution in [0.15, 0.2) is 59.0 Å². The van der Waals surface area contributed by atoms with Crippen molar-refractivity contribution in [2.45, 2.75) is 85.5 Å². The smallest absolute Gasteiger partial charge is 0.231 e. The quantitative estimate of drug-likeness (QED) is 0.168. The summed E-state index contributed by atoms with van der Waals surface area (Å²) in [5.74, 6) is 8.85. The van der Waals surface area contributed by atoms with Gasteiger partial charge in [0.1, 0.15) is 48.2 Å². The van der Waals surface area contributed by atoms with Gasteiger partial charge in [-0.25, -0.2) is 15.0 Å². The van der Waals surface area contributed by atoms with Crippen LogP contribution in [-0.4, -0.2) is 54.8 Å². The molecule has 0 atom stereocenters. The summed E-state index contributed by atoms with van der Waals surface area (Å²) in [7, 11) is 0. The van der Waals surface area contributed by atoms with Crippen molar-refractivity contribution in [3.05, 3.63) is 80.9 Å². The maximum absolute atomic E-state index is 5.76. The second-order valence-electron chi connectivity index (χ2n) is 16.5. The second-order valence-corrected chi connectivity index (χ2v) is 19.6. The highest BCUT2D eigenvalue weighted by atomic mass is 32.1. The molecule has 62 heavy (non-hydrogen) atoms. The predicted molar refractivity (Wildman–Crippen MR) is 249 cm³/mol. The van der Waals surface area contributed by atoms with Crippen LogP contribution in [0.3, 0.4) is 0 Å². The lowest BCUT2D eigenvalue weighted by Gasteiger charge is -2.18. The zero-order chi connectivity index (χ0) is 43.1. The maximum atomic E-state index is 5.76. The van der Waals surface area contributed by atoms with E-state index in [0.29, 0.717) is 56.9 Å². The van der Waals surface area contributed by atoms with Gasteiger partial charge in [-0.15, -0.1) is 34.0 Å². The van der Waals surface area contributed by atoms with Crippen LogP contribution in [0, 0.1) is 0 Å². The van der Waals surface area contributed by atoms with Gasteiger partial charge in [0.25, 0.3) is 0 Å². The van der Waals surface area contributed by atoms with E-state index in [4.69, 9.17) is 37.6 Å². The van der Waals surface area contributed by atoms with Crippen molar-refractivity contribution in [2.24, 2.45) is 0 Å². The van der Waals surface area contributed by atoms with E-state index in [2.05, 4.69) is 82.5 Å². The van der Waals surface area contributed by atoms with Crippen molar-refractivity contribution in [1.29, 1.82) is 0 Å². The third-order valence-corrected chi connectivity index (χ3v) is 14.6. The van der Waals surface area contributed by atoms with Crippen molar-refractivity contribution < 1.29 is 37.6 Å². The Morgan fingerprint density at radius 3 is 1.71 bits per heavy atom. The van der Waals surface area contributed by atoms with Crippen molar-refractivity contribution in [2.75, 3.05) is 39.8 Å². The summed E-state index contributed by atoms with van der Waals surface area (Å²) in [5, 5.41) is 4.55. The lowest BCUT2D eigenvalue weighted by molar-refractivity contribution is 0.174. The Morgan fingerprint density at radius 2 is 1.02 bits per heavy atom. The summed E-state index contributed by atoms with van der Waals surface area (Å²) in [6, 6.07) is 17.9. The monoisotopic (exact) mass is 893 g/mol. The minimum Gasteiger partial charge on any atom is -0.493 e. The zero-order valence-corrected chi connectivity index (χ0v) is 38.7. The highest BCUT2D eigenvalue weighted by Gasteiger charge is 2.22.